The molecule has 0 aliphatic carbocycles. The Morgan fingerprint density at radius 2 is 2.14 bits per heavy atom. The van der Waals surface area contributed by atoms with Gasteiger partial charge in [-0.05, 0) is 25.0 Å². The number of piperidine rings is 1. The first-order valence-corrected chi connectivity index (χ1v) is 7.53. The van der Waals surface area contributed by atoms with Crippen LogP contribution in [0.25, 0.3) is 0 Å². The molecule has 1 atom stereocenters. The fourth-order valence-corrected chi connectivity index (χ4v) is 3.04. The fraction of sp³-hybridized carbons (Fsp3) is 0.500. The molecule has 0 spiro atoms. The summed E-state index contributed by atoms with van der Waals surface area (Å²) in [6.07, 6.45) is 10.1. The number of methoxy groups -OCH3 is 1. The van der Waals surface area contributed by atoms with Gasteiger partial charge in [-0.3, -0.25) is 4.98 Å². The maximum atomic E-state index is 5.18. The highest BCUT2D eigenvalue weighted by Crippen LogP contribution is 2.28. The van der Waals surface area contributed by atoms with Crippen molar-refractivity contribution in [2.75, 3.05) is 31.7 Å². The van der Waals surface area contributed by atoms with Crippen LogP contribution in [0.1, 0.15) is 24.6 Å². The van der Waals surface area contributed by atoms with Crippen molar-refractivity contribution in [2.24, 2.45) is 0 Å². The lowest BCUT2D eigenvalue weighted by Gasteiger charge is -2.34. The zero-order valence-electron chi connectivity index (χ0n) is 12.5. The molecule has 0 amide bonds. The zero-order valence-corrected chi connectivity index (χ0v) is 12.5. The van der Waals surface area contributed by atoms with Crippen molar-refractivity contribution in [3.63, 3.8) is 0 Å². The normalized spacial score (nSPS) is 18.9. The van der Waals surface area contributed by atoms with E-state index >= 15 is 0 Å². The largest absolute Gasteiger partial charge is 0.383 e. The molecule has 0 radical (unpaired) electrons. The second-order valence-corrected chi connectivity index (χ2v) is 5.46. The van der Waals surface area contributed by atoms with E-state index in [9.17, 15) is 0 Å². The van der Waals surface area contributed by atoms with E-state index in [1.54, 1.807) is 7.11 Å². The van der Waals surface area contributed by atoms with Gasteiger partial charge in [-0.1, -0.05) is 0 Å². The summed E-state index contributed by atoms with van der Waals surface area (Å²) in [5.41, 5.74) is 1.25. The molecular weight excluding hydrogens is 264 g/mol. The van der Waals surface area contributed by atoms with Gasteiger partial charge in [-0.25, -0.2) is 4.98 Å². The fourth-order valence-electron chi connectivity index (χ4n) is 3.04. The first kappa shape index (κ1) is 14.1. The van der Waals surface area contributed by atoms with Crippen LogP contribution in [0, 0.1) is 0 Å². The Kier molecular flexibility index (Phi) is 4.50. The number of hydrogen-bond donors (Lipinski definition) is 0. The van der Waals surface area contributed by atoms with Gasteiger partial charge in [0.05, 0.1) is 6.61 Å². The highest BCUT2D eigenvalue weighted by molar-refractivity contribution is 5.45. The minimum absolute atomic E-state index is 0.485. The summed E-state index contributed by atoms with van der Waals surface area (Å²) >= 11 is 0. The van der Waals surface area contributed by atoms with Crippen molar-refractivity contribution in [2.45, 2.75) is 25.3 Å². The van der Waals surface area contributed by atoms with E-state index in [-0.39, 0.29) is 0 Å². The van der Waals surface area contributed by atoms with Gasteiger partial charge < -0.3 is 14.2 Å². The van der Waals surface area contributed by atoms with Crippen LogP contribution in [-0.2, 0) is 11.3 Å². The van der Waals surface area contributed by atoms with E-state index in [0.717, 1.165) is 26.2 Å². The Labute approximate surface area is 125 Å². The van der Waals surface area contributed by atoms with E-state index in [1.807, 2.05) is 18.6 Å². The Bertz CT molecular complexity index is 554. The van der Waals surface area contributed by atoms with Crippen molar-refractivity contribution in [1.29, 1.82) is 0 Å². The second kappa shape index (κ2) is 6.72. The number of aromatic nitrogens is 3. The van der Waals surface area contributed by atoms with Crippen LogP contribution in [0.15, 0.2) is 36.9 Å². The van der Waals surface area contributed by atoms with Crippen LogP contribution in [0.4, 0.5) is 5.69 Å². The molecule has 112 valence electrons. The van der Waals surface area contributed by atoms with Crippen molar-refractivity contribution >= 4 is 5.69 Å². The summed E-state index contributed by atoms with van der Waals surface area (Å²) in [6.45, 7) is 3.73. The lowest BCUT2D eigenvalue weighted by atomic mass is 9.96. The molecule has 0 bridgehead atoms. The molecule has 5 nitrogen and oxygen atoms in total. The van der Waals surface area contributed by atoms with Crippen LogP contribution in [0.3, 0.4) is 0 Å². The molecule has 1 fully saturated rings. The minimum atomic E-state index is 0.485. The van der Waals surface area contributed by atoms with Crippen LogP contribution < -0.4 is 4.90 Å². The van der Waals surface area contributed by atoms with Crippen molar-refractivity contribution < 1.29 is 4.74 Å². The van der Waals surface area contributed by atoms with E-state index in [2.05, 4.69) is 37.8 Å². The molecule has 3 rings (SSSR count). The van der Waals surface area contributed by atoms with Gasteiger partial charge in [0.2, 0.25) is 0 Å². The highest BCUT2D eigenvalue weighted by atomic mass is 16.5. The van der Waals surface area contributed by atoms with Gasteiger partial charge in [-0.15, -0.1) is 0 Å². The number of anilines is 1. The number of ether oxygens (including phenoxy) is 1. The summed E-state index contributed by atoms with van der Waals surface area (Å²) in [6, 6.07) is 4.17. The molecule has 0 unspecified atom stereocenters. The van der Waals surface area contributed by atoms with Crippen LogP contribution in [0.2, 0.25) is 0 Å². The number of hydrogen-bond acceptors (Lipinski definition) is 4. The van der Waals surface area contributed by atoms with E-state index in [0.29, 0.717) is 5.92 Å². The summed E-state index contributed by atoms with van der Waals surface area (Å²) < 4.78 is 7.41. The van der Waals surface area contributed by atoms with E-state index in [1.165, 1.54) is 24.4 Å². The average Bonchev–Trinajstić information content (AvgIpc) is 3.02. The molecule has 0 aromatic carbocycles. The maximum Gasteiger partial charge on any atom is 0.113 e. The molecule has 1 saturated heterocycles. The summed E-state index contributed by atoms with van der Waals surface area (Å²) in [5, 5.41) is 0. The number of pyridine rings is 1. The molecule has 0 N–H and O–H groups in total. The smallest absolute Gasteiger partial charge is 0.113 e. The van der Waals surface area contributed by atoms with Gasteiger partial charge in [-0.2, -0.15) is 0 Å². The third-order valence-corrected chi connectivity index (χ3v) is 4.10. The molecule has 1 aliphatic heterocycles. The third kappa shape index (κ3) is 3.24. The Hall–Kier alpha value is -1.88. The van der Waals surface area contributed by atoms with Gasteiger partial charge in [0.25, 0.3) is 0 Å². The van der Waals surface area contributed by atoms with E-state index < -0.39 is 0 Å². The molecule has 21 heavy (non-hydrogen) atoms. The Morgan fingerprint density at radius 3 is 2.95 bits per heavy atom. The third-order valence-electron chi connectivity index (χ3n) is 4.10. The van der Waals surface area contributed by atoms with Gasteiger partial charge in [0.1, 0.15) is 5.82 Å². The lowest BCUT2D eigenvalue weighted by molar-refractivity contribution is 0.185. The topological polar surface area (TPSA) is 43.2 Å². The quantitative estimate of drug-likeness (QED) is 0.846. The predicted molar refractivity (Wildman–Crippen MR) is 82.5 cm³/mol. The standard InChI is InChI=1S/C16H22N4O/c1-21-12-11-19-10-8-18-16(19)14-3-2-9-20(13-14)15-4-6-17-7-5-15/h4-8,10,14H,2-3,9,11-13H2,1H3/t14-/m0/s1. The van der Waals surface area contributed by atoms with Gasteiger partial charge in [0, 0.05) is 63.1 Å². The molecular formula is C16H22N4O. The Morgan fingerprint density at radius 1 is 1.29 bits per heavy atom. The van der Waals surface area contributed by atoms with Crippen LogP contribution in [-0.4, -0.2) is 41.3 Å². The number of rotatable bonds is 5. The van der Waals surface area contributed by atoms with Crippen LogP contribution in [0.5, 0.6) is 0 Å². The van der Waals surface area contributed by atoms with E-state index in [4.69, 9.17) is 4.74 Å². The van der Waals surface area contributed by atoms with Crippen LogP contribution >= 0.6 is 0 Å². The predicted octanol–water partition coefficient (Wildman–Crippen LogP) is 2.31. The molecule has 2 aromatic heterocycles. The lowest BCUT2D eigenvalue weighted by Crippen LogP contribution is -2.35. The number of nitrogens with zero attached hydrogens (tertiary/aromatic N) is 4. The molecule has 5 heteroatoms. The molecule has 2 aromatic rings. The maximum absolute atomic E-state index is 5.18. The van der Waals surface area contributed by atoms with Gasteiger partial charge >= 0.3 is 0 Å². The molecule has 1 aliphatic rings. The Balaban J connectivity index is 1.73. The van der Waals surface area contributed by atoms with Crippen molar-refractivity contribution in [1.82, 2.24) is 14.5 Å². The first-order valence-electron chi connectivity index (χ1n) is 7.53. The van der Waals surface area contributed by atoms with Crippen molar-refractivity contribution in [3.8, 4) is 0 Å². The van der Waals surface area contributed by atoms with Gasteiger partial charge in [0.15, 0.2) is 0 Å². The van der Waals surface area contributed by atoms with Crippen molar-refractivity contribution in [3.05, 3.63) is 42.7 Å². The zero-order chi connectivity index (χ0) is 14.5. The molecule has 0 saturated carbocycles. The average molecular weight is 286 g/mol. The summed E-state index contributed by atoms with van der Waals surface area (Å²) in [5.74, 6) is 1.67. The SMILES string of the molecule is COCCn1ccnc1[C@H]1CCCN(c2ccncc2)C1. The minimum Gasteiger partial charge on any atom is -0.383 e. The summed E-state index contributed by atoms with van der Waals surface area (Å²) in [4.78, 5) is 11.1. The highest BCUT2D eigenvalue weighted by Gasteiger charge is 2.24. The monoisotopic (exact) mass is 286 g/mol. The number of imidazole rings is 1. The summed E-state index contributed by atoms with van der Waals surface area (Å²) in [7, 11) is 1.74. The first-order chi connectivity index (χ1) is 10.4. The molecule has 3 heterocycles. The second-order valence-electron chi connectivity index (χ2n) is 5.46.